The topological polar surface area (TPSA) is 56.7 Å². The minimum Gasteiger partial charge on any atom is -0.386 e. The molecule has 0 unspecified atom stereocenters. The van der Waals surface area contributed by atoms with E-state index in [0.717, 1.165) is 18.7 Å². The molecule has 1 aromatic rings. The molecule has 1 amide bonds. The summed E-state index contributed by atoms with van der Waals surface area (Å²) in [5.41, 5.74) is -0.0319. The number of aliphatic hydroxyl groups is 1. The molecular formula is C14H19N3O2. The van der Waals surface area contributed by atoms with Gasteiger partial charge in [0.1, 0.15) is 11.4 Å². The summed E-state index contributed by atoms with van der Waals surface area (Å²) in [7, 11) is 3.82. The van der Waals surface area contributed by atoms with Gasteiger partial charge in [-0.25, -0.2) is 4.98 Å². The van der Waals surface area contributed by atoms with E-state index in [0.29, 0.717) is 24.6 Å². The first-order valence-electron chi connectivity index (χ1n) is 6.65. The molecule has 1 N–H and O–H groups in total. The van der Waals surface area contributed by atoms with Crippen LogP contribution in [0.15, 0.2) is 18.3 Å². The van der Waals surface area contributed by atoms with Gasteiger partial charge in [0.2, 0.25) is 0 Å². The fourth-order valence-corrected chi connectivity index (χ4v) is 2.60. The Labute approximate surface area is 112 Å². The van der Waals surface area contributed by atoms with Gasteiger partial charge in [0, 0.05) is 20.3 Å². The van der Waals surface area contributed by atoms with Gasteiger partial charge < -0.3 is 14.9 Å². The molecule has 0 spiro atoms. The summed E-state index contributed by atoms with van der Waals surface area (Å²) < 4.78 is 0. The first-order valence-corrected chi connectivity index (χ1v) is 6.65. The van der Waals surface area contributed by atoms with Crippen molar-refractivity contribution in [3.63, 3.8) is 0 Å². The van der Waals surface area contributed by atoms with Crippen molar-refractivity contribution in [2.75, 3.05) is 32.1 Å². The largest absolute Gasteiger partial charge is 0.386 e. The second-order valence-corrected chi connectivity index (χ2v) is 5.84. The Kier molecular flexibility index (Phi) is 2.74. The second-order valence-electron chi connectivity index (χ2n) is 5.84. The van der Waals surface area contributed by atoms with E-state index in [1.807, 2.05) is 25.1 Å². The number of pyridine rings is 1. The molecule has 1 saturated heterocycles. The summed E-state index contributed by atoms with van der Waals surface area (Å²) in [5.74, 6) is 1.20. The Balaban J connectivity index is 1.65. The highest BCUT2D eigenvalue weighted by Gasteiger charge is 2.53. The number of hydrogen-bond donors (Lipinski definition) is 1. The van der Waals surface area contributed by atoms with Crippen LogP contribution < -0.4 is 4.90 Å². The Morgan fingerprint density at radius 3 is 2.58 bits per heavy atom. The maximum atomic E-state index is 12.2. The Bertz CT molecular complexity index is 488. The molecule has 0 aromatic carbocycles. The van der Waals surface area contributed by atoms with E-state index in [9.17, 15) is 9.90 Å². The van der Waals surface area contributed by atoms with Crippen LogP contribution in [0, 0.1) is 5.92 Å². The summed E-state index contributed by atoms with van der Waals surface area (Å²) >= 11 is 0. The summed E-state index contributed by atoms with van der Waals surface area (Å²) in [6.45, 7) is 0.928. The zero-order valence-corrected chi connectivity index (χ0v) is 11.3. The van der Waals surface area contributed by atoms with Gasteiger partial charge in [-0.2, -0.15) is 0 Å². The molecule has 5 heteroatoms. The molecule has 1 aliphatic heterocycles. The standard InChI is InChI=1S/C14H19N3O2/c1-16(2)12-6-3-10(7-15-12)13(18)17-8-14(19,9-17)11-4-5-11/h3,6-7,11,19H,4-5,8-9H2,1-2H3. The number of likely N-dealkylation sites (tertiary alicyclic amines) is 1. The molecular weight excluding hydrogens is 242 g/mol. The van der Waals surface area contributed by atoms with Crippen molar-refractivity contribution < 1.29 is 9.90 Å². The van der Waals surface area contributed by atoms with E-state index in [2.05, 4.69) is 4.98 Å². The van der Waals surface area contributed by atoms with Crippen molar-refractivity contribution >= 4 is 11.7 Å². The van der Waals surface area contributed by atoms with Crippen LogP contribution in [0.25, 0.3) is 0 Å². The van der Waals surface area contributed by atoms with E-state index in [-0.39, 0.29) is 5.91 Å². The second kappa shape index (κ2) is 4.20. The minimum absolute atomic E-state index is 0.0388. The third kappa shape index (κ3) is 2.18. The average molecular weight is 261 g/mol. The SMILES string of the molecule is CN(C)c1ccc(C(=O)N2CC(O)(C3CC3)C2)cn1. The minimum atomic E-state index is -0.618. The molecule has 1 aromatic heterocycles. The quantitative estimate of drug-likeness (QED) is 0.872. The average Bonchev–Trinajstić information content (AvgIpc) is 3.18. The number of aromatic nitrogens is 1. The van der Waals surface area contributed by atoms with Crippen LogP contribution in [-0.2, 0) is 0 Å². The van der Waals surface area contributed by atoms with E-state index in [1.165, 1.54) is 0 Å². The van der Waals surface area contributed by atoms with Crippen LogP contribution in [0.5, 0.6) is 0 Å². The Morgan fingerprint density at radius 1 is 1.42 bits per heavy atom. The summed E-state index contributed by atoms with van der Waals surface area (Å²) in [5, 5.41) is 10.2. The number of nitrogens with zero attached hydrogens (tertiary/aromatic N) is 3. The number of rotatable bonds is 3. The van der Waals surface area contributed by atoms with E-state index in [4.69, 9.17) is 0 Å². The zero-order valence-electron chi connectivity index (χ0n) is 11.3. The highest BCUT2D eigenvalue weighted by atomic mass is 16.3. The smallest absolute Gasteiger partial charge is 0.255 e. The molecule has 0 atom stereocenters. The van der Waals surface area contributed by atoms with Crippen molar-refractivity contribution in [3.8, 4) is 0 Å². The zero-order chi connectivity index (χ0) is 13.6. The Hall–Kier alpha value is -1.62. The molecule has 0 bridgehead atoms. The van der Waals surface area contributed by atoms with E-state index < -0.39 is 5.60 Å². The van der Waals surface area contributed by atoms with Gasteiger partial charge in [0.15, 0.2) is 0 Å². The van der Waals surface area contributed by atoms with E-state index in [1.54, 1.807) is 17.2 Å². The van der Waals surface area contributed by atoms with Crippen LogP contribution >= 0.6 is 0 Å². The molecule has 2 aliphatic rings. The number of carbonyl (C=O) groups is 1. The third-order valence-corrected chi connectivity index (χ3v) is 4.01. The van der Waals surface area contributed by atoms with Gasteiger partial charge in [-0.15, -0.1) is 0 Å². The van der Waals surface area contributed by atoms with Crippen LogP contribution in [0.4, 0.5) is 5.82 Å². The van der Waals surface area contributed by atoms with Gasteiger partial charge in [-0.3, -0.25) is 4.79 Å². The van der Waals surface area contributed by atoms with Crippen molar-refractivity contribution in [1.29, 1.82) is 0 Å². The summed E-state index contributed by atoms with van der Waals surface area (Å²) in [6.07, 6.45) is 3.79. The summed E-state index contributed by atoms with van der Waals surface area (Å²) in [6, 6.07) is 3.62. The number of carbonyl (C=O) groups excluding carboxylic acids is 1. The van der Waals surface area contributed by atoms with Gasteiger partial charge >= 0.3 is 0 Å². The molecule has 2 heterocycles. The van der Waals surface area contributed by atoms with Crippen molar-refractivity contribution in [2.24, 2.45) is 5.92 Å². The van der Waals surface area contributed by atoms with Crippen LogP contribution in [0.1, 0.15) is 23.2 Å². The maximum Gasteiger partial charge on any atom is 0.255 e. The fraction of sp³-hybridized carbons (Fsp3) is 0.571. The first kappa shape index (κ1) is 12.4. The first-order chi connectivity index (χ1) is 8.99. The highest BCUT2D eigenvalue weighted by molar-refractivity contribution is 5.94. The molecule has 1 aliphatic carbocycles. The van der Waals surface area contributed by atoms with Gasteiger partial charge in [-0.1, -0.05) is 0 Å². The molecule has 19 heavy (non-hydrogen) atoms. The normalized spacial score (nSPS) is 20.9. The number of amides is 1. The molecule has 3 rings (SSSR count). The molecule has 1 saturated carbocycles. The lowest BCUT2D eigenvalue weighted by molar-refractivity contribution is -0.0958. The maximum absolute atomic E-state index is 12.2. The fourth-order valence-electron chi connectivity index (χ4n) is 2.60. The molecule has 5 nitrogen and oxygen atoms in total. The summed E-state index contributed by atoms with van der Waals surface area (Å²) in [4.78, 5) is 20.0. The van der Waals surface area contributed by atoms with Crippen molar-refractivity contribution in [3.05, 3.63) is 23.9 Å². The van der Waals surface area contributed by atoms with Gasteiger partial charge in [0.25, 0.3) is 5.91 Å². The van der Waals surface area contributed by atoms with Crippen LogP contribution in [-0.4, -0.2) is 53.7 Å². The highest BCUT2D eigenvalue weighted by Crippen LogP contribution is 2.44. The lowest BCUT2D eigenvalue weighted by atomic mass is 9.88. The van der Waals surface area contributed by atoms with Gasteiger partial charge in [-0.05, 0) is 30.9 Å². The number of hydrogen-bond acceptors (Lipinski definition) is 4. The van der Waals surface area contributed by atoms with Crippen molar-refractivity contribution in [2.45, 2.75) is 18.4 Å². The van der Waals surface area contributed by atoms with Crippen LogP contribution in [0.3, 0.4) is 0 Å². The molecule has 2 fully saturated rings. The number of β-amino-alcohol motifs (C(OH)–C–C–N with tert-alkyl or cyclic N) is 1. The Morgan fingerprint density at radius 2 is 2.11 bits per heavy atom. The molecule has 0 radical (unpaired) electrons. The predicted molar refractivity (Wildman–Crippen MR) is 72.1 cm³/mol. The monoisotopic (exact) mass is 261 g/mol. The lowest BCUT2D eigenvalue weighted by Gasteiger charge is -2.47. The number of anilines is 1. The predicted octanol–water partition coefficient (Wildman–Crippen LogP) is 0.745. The lowest BCUT2D eigenvalue weighted by Crippen LogP contribution is -2.64. The van der Waals surface area contributed by atoms with Gasteiger partial charge in [0.05, 0.1) is 18.7 Å². The van der Waals surface area contributed by atoms with Crippen molar-refractivity contribution in [1.82, 2.24) is 9.88 Å². The third-order valence-electron chi connectivity index (χ3n) is 4.01. The van der Waals surface area contributed by atoms with E-state index >= 15 is 0 Å². The van der Waals surface area contributed by atoms with Crippen LogP contribution in [0.2, 0.25) is 0 Å². The molecule has 102 valence electrons.